The fourth-order valence-corrected chi connectivity index (χ4v) is 5.61. The van der Waals surface area contributed by atoms with Crippen LogP contribution in [-0.4, -0.2) is 4.98 Å². The van der Waals surface area contributed by atoms with Gasteiger partial charge in [-0.2, -0.15) is 0 Å². The van der Waals surface area contributed by atoms with Crippen LogP contribution in [0.15, 0.2) is 176 Å². The van der Waals surface area contributed by atoms with Crippen molar-refractivity contribution in [3.63, 3.8) is 0 Å². The van der Waals surface area contributed by atoms with Gasteiger partial charge in [-0.25, -0.2) is 4.98 Å². The van der Waals surface area contributed by atoms with Crippen molar-refractivity contribution in [1.29, 1.82) is 0 Å². The Balaban J connectivity index is 1.55. The van der Waals surface area contributed by atoms with Crippen molar-refractivity contribution in [2.75, 3.05) is 0 Å². The third kappa shape index (κ3) is 5.16. The summed E-state index contributed by atoms with van der Waals surface area (Å²) in [4.78, 5) is 5.15. The van der Waals surface area contributed by atoms with Gasteiger partial charge in [0.05, 0.1) is 11.4 Å². The SMILES string of the molecule is c1ccc(-c2cc(-c3cc(-c4ccccc4)c(-c4ccccc4)cc3-c3ccccc3)cc(-c3ccccc3)n2)cc1. The molecule has 0 unspecified atom stereocenters. The molecule has 0 radical (unpaired) electrons. The molecule has 1 nitrogen and oxygen atoms in total. The Labute approximate surface area is 247 Å². The van der Waals surface area contributed by atoms with Crippen LogP contribution in [0.4, 0.5) is 0 Å². The summed E-state index contributed by atoms with van der Waals surface area (Å²) >= 11 is 0. The van der Waals surface area contributed by atoms with E-state index in [1.807, 2.05) is 12.1 Å². The number of hydrogen-bond donors (Lipinski definition) is 0. The van der Waals surface area contributed by atoms with E-state index in [1.165, 1.54) is 38.9 Å². The lowest BCUT2D eigenvalue weighted by molar-refractivity contribution is 1.32. The van der Waals surface area contributed by atoms with Gasteiger partial charge in [-0.3, -0.25) is 0 Å². The lowest BCUT2D eigenvalue weighted by Crippen LogP contribution is -1.95. The molecular weight excluding hydrogens is 506 g/mol. The van der Waals surface area contributed by atoms with Gasteiger partial charge in [0.25, 0.3) is 0 Å². The molecule has 0 spiro atoms. The zero-order valence-electron chi connectivity index (χ0n) is 23.2. The van der Waals surface area contributed by atoms with E-state index in [1.54, 1.807) is 0 Å². The normalized spacial score (nSPS) is 10.9. The van der Waals surface area contributed by atoms with Crippen LogP contribution >= 0.6 is 0 Å². The van der Waals surface area contributed by atoms with Crippen LogP contribution in [0.25, 0.3) is 67.0 Å². The average Bonchev–Trinajstić information content (AvgIpc) is 3.09. The summed E-state index contributed by atoms with van der Waals surface area (Å²) in [5.74, 6) is 0. The molecule has 0 amide bonds. The fourth-order valence-electron chi connectivity index (χ4n) is 5.61. The van der Waals surface area contributed by atoms with Gasteiger partial charge in [-0.15, -0.1) is 0 Å². The highest BCUT2D eigenvalue weighted by Crippen LogP contribution is 2.43. The quantitative estimate of drug-likeness (QED) is 0.206. The monoisotopic (exact) mass is 535 g/mol. The second kappa shape index (κ2) is 11.5. The van der Waals surface area contributed by atoms with Crippen LogP contribution in [0, 0.1) is 0 Å². The van der Waals surface area contributed by atoms with Crippen molar-refractivity contribution in [3.05, 3.63) is 176 Å². The van der Waals surface area contributed by atoms with Crippen LogP contribution in [0.3, 0.4) is 0 Å². The lowest BCUT2D eigenvalue weighted by Gasteiger charge is -2.19. The molecule has 0 bridgehead atoms. The molecule has 0 fully saturated rings. The van der Waals surface area contributed by atoms with E-state index in [2.05, 4.69) is 164 Å². The predicted molar refractivity (Wildman–Crippen MR) is 177 cm³/mol. The standard InChI is InChI=1S/C41H29N/c1-6-16-30(17-7-1)36-28-38(32-20-10-3-11-21-32)39(29-37(36)31-18-8-2-9-19-31)35-26-40(33-22-12-4-13-23-33)42-41(27-35)34-24-14-5-15-25-34/h1-29H. The first-order valence-corrected chi connectivity index (χ1v) is 14.3. The van der Waals surface area contributed by atoms with Crippen LogP contribution in [0.1, 0.15) is 0 Å². The minimum absolute atomic E-state index is 0.958. The van der Waals surface area contributed by atoms with Crippen LogP contribution in [0.2, 0.25) is 0 Å². The van der Waals surface area contributed by atoms with E-state index in [-0.39, 0.29) is 0 Å². The minimum Gasteiger partial charge on any atom is -0.248 e. The first-order valence-electron chi connectivity index (χ1n) is 14.3. The maximum Gasteiger partial charge on any atom is 0.0715 e. The van der Waals surface area contributed by atoms with E-state index in [9.17, 15) is 0 Å². The molecule has 0 aliphatic heterocycles. The summed E-state index contributed by atoms with van der Waals surface area (Å²) < 4.78 is 0. The predicted octanol–water partition coefficient (Wildman–Crippen LogP) is 11.1. The van der Waals surface area contributed by atoms with Crippen LogP contribution in [-0.2, 0) is 0 Å². The molecule has 0 aliphatic carbocycles. The fraction of sp³-hybridized carbons (Fsp3) is 0. The zero-order valence-corrected chi connectivity index (χ0v) is 23.2. The van der Waals surface area contributed by atoms with E-state index >= 15 is 0 Å². The van der Waals surface area contributed by atoms with Gasteiger partial charge < -0.3 is 0 Å². The summed E-state index contributed by atoms with van der Waals surface area (Å²) in [7, 11) is 0. The molecule has 1 aromatic heterocycles. The topological polar surface area (TPSA) is 12.9 Å². The number of hydrogen-bond acceptors (Lipinski definition) is 1. The Morgan fingerprint density at radius 3 is 0.810 bits per heavy atom. The zero-order chi connectivity index (χ0) is 28.1. The van der Waals surface area contributed by atoms with E-state index < -0.39 is 0 Å². The highest BCUT2D eigenvalue weighted by Gasteiger charge is 2.18. The van der Waals surface area contributed by atoms with Gasteiger partial charge in [-0.05, 0) is 68.8 Å². The Kier molecular flexibility index (Phi) is 6.98. The summed E-state index contributed by atoms with van der Waals surface area (Å²) in [6.07, 6.45) is 0. The van der Waals surface area contributed by atoms with Crippen molar-refractivity contribution in [2.24, 2.45) is 0 Å². The van der Waals surface area contributed by atoms with E-state index in [0.717, 1.165) is 28.1 Å². The van der Waals surface area contributed by atoms with Crippen molar-refractivity contribution >= 4 is 0 Å². The molecule has 0 N–H and O–H groups in total. The molecule has 1 heteroatoms. The molecule has 0 atom stereocenters. The Bertz CT molecular complexity index is 1870. The largest absolute Gasteiger partial charge is 0.248 e. The smallest absolute Gasteiger partial charge is 0.0715 e. The Hall–Kier alpha value is -5.53. The first-order chi connectivity index (χ1) is 20.8. The van der Waals surface area contributed by atoms with Gasteiger partial charge in [0.2, 0.25) is 0 Å². The molecule has 7 rings (SSSR count). The molecule has 0 aliphatic rings. The summed E-state index contributed by atoms with van der Waals surface area (Å²) in [5.41, 5.74) is 13.6. The number of rotatable bonds is 6. The number of pyridine rings is 1. The average molecular weight is 536 g/mol. The van der Waals surface area contributed by atoms with E-state index in [0.29, 0.717) is 0 Å². The third-order valence-corrected chi connectivity index (χ3v) is 7.69. The summed E-state index contributed by atoms with van der Waals surface area (Å²) in [6, 6.07) is 62.2. The van der Waals surface area contributed by atoms with Crippen LogP contribution < -0.4 is 0 Å². The summed E-state index contributed by atoms with van der Waals surface area (Å²) in [6.45, 7) is 0. The Morgan fingerprint density at radius 2 is 0.500 bits per heavy atom. The van der Waals surface area contributed by atoms with E-state index in [4.69, 9.17) is 4.98 Å². The van der Waals surface area contributed by atoms with Crippen LogP contribution in [0.5, 0.6) is 0 Å². The second-order valence-electron chi connectivity index (χ2n) is 10.4. The maximum absolute atomic E-state index is 5.15. The van der Waals surface area contributed by atoms with Crippen molar-refractivity contribution < 1.29 is 0 Å². The first kappa shape index (κ1) is 25.4. The summed E-state index contributed by atoms with van der Waals surface area (Å²) in [5, 5.41) is 0. The second-order valence-corrected chi connectivity index (χ2v) is 10.4. The molecule has 7 aromatic rings. The van der Waals surface area contributed by atoms with Gasteiger partial charge >= 0.3 is 0 Å². The van der Waals surface area contributed by atoms with Gasteiger partial charge in [0.1, 0.15) is 0 Å². The molecule has 0 saturated carbocycles. The number of nitrogens with zero attached hydrogens (tertiary/aromatic N) is 1. The minimum atomic E-state index is 0.958. The van der Waals surface area contributed by atoms with Crippen molar-refractivity contribution in [3.8, 4) is 67.0 Å². The molecule has 42 heavy (non-hydrogen) atoms. The van der Waals surface area contributed by atoms with Gasteiger partial charge in [0.15, 0.2) is 0 Å². The maximum atomic E-state index is 5.15. The Morgan fingerprint density at radius 1 is 0.238 bits per heavy atom. The molecule has 6 aromatic carbocycles. The molecule has 198 valence electrons. The molecule has 1 heterocycles. The highest BCUT2D eigenvalue weighted by atomic mass is 14.7. The van der Waals surface area contributed by atoms with Gasteiger partial charge in [0, 0.05) is 11.1 Å². The lowest BCUT2D eigenvalue weighted by atomic mass is 9.85. The van der Waals surface area contributed by atoms with Gasteiger partial charge in [-0.1, -0.05) is 152 Å². The number of benzene rings is 6. The molecular formula is C41H29N. The van der Waals surface area contributed by atoms with Crippen molar-refractivity contribution in [2.45, 2.75) is 0 Å². The van der Waals surface area contributed by atoms with Crippen molar-refractivity contribution in [1.82, 2.24) is 4.98 Å². The highest BCUT2D eigenvalue weighted by molar-refractivity contribution is 5.96. The molecule has 0 saturated heterocycles. The number of aromatic nitrogens is 1. The third-order valence-electron chi connectivity index (χ3n) is 7.69.